The lowest BCUT2D eigenvalue weighted by Crippen LogP contribution is -2.09. The second-order valence-corrected chi connectivity index (χ2v) is 5.40. The summed E-state index contributed by atoms with van der Waals surface area (Å²) in [6.45, 7) is 6.16. The zero-order chi connectivity index (χ0) is 20.6. The van der Waals surface area contributed by atoms with Crippen LogP contribution in [0.15, 0.2) is 24.3 Å². The van der Waals surface area contributed by atoms with Crippen LogP contribution in [0.2, 0.25) is 0 Å². The summed E-state index contributed by atoms with van der Waals surface area (Å²) in [6, 6.07) is 4.60. The lowest BCUT2D eigenvalue weighted by Gasteiger charge is -2.10. The number of aliphatic hydroxyl groups excluding tert-OH is 1. The van der Waals surface area contributed by atoms with E-state index in [1.54, 1.807) is 0 Å². The molecule has 0 aliphatic rings. The Morgan fingerprint density at radius 1 is 1.19 bits per heavy atom. The van der Waals surface area contributed by atoms with Crippen molar-refractivity contribution in [1.82, 2.24) is 9.97 Å². The van der Waals surface area contributed by atoms with Gasteiger partial charge in [0.25, 0.3) is 0 Å². The number of aryl methyl sites for hydroxylation is 2. The van der Waals surface area contributed by atoms with Gasteiger partial charge in [0.2, 0.25) is 0 Å². The first-order chi connectivity index (χ1) is 12.6. The van der Waals surface area contributed by atoms with Crippen molar-refractivity contribution in [1.29, 1.82) is 0 Å². The Balaban J connectivity index is 0.000000527. The number of halogens is 3. The molecule has 1 aromatic heterocycles. The molecule has 9 heteroatoms. The van der Waals surface area contributed by atoms with Crippen LogP contribution >= 0.6 is 0 Å². The van der Waals surface area contributed by atoms with Crippen LogP contribution < -0.4 is 0 Å². The number of carboxylic acid groups (broad SMARTS) is 1. The Morgan fingerprint density at radius 3 is 2.19 bits per heavy atom. The molecule has 148 valence electrons. The first-order valence-electron chi connectivity index (χ1n) is 8.06. The van der Waals surface area contributed by atoms with E-state index in [1.807, 2.05) is 6.92 Å². The fraction of sp³-hybridized carbons (Fsp3) is 0.389. The summed E-state index contributed by atoms with van der Waals surface area (Å²) in [4.78, 5) is 19.0. The molecule has 0 unspecified atom stereocenters. The number of aliphatic hydroxyl groups is 1. The number of hydrogen-bond acceptors (Lipinski definition) is 5. The van der Waals surface area contributed by atoms with Gasteiger partial charge in [0.1, 0.15) is 5.56 Å². The molecule has 0 radical (unpaired) electrons. The molecular formula is C18H21F3N2O4. The Bertz CT molecular complexity index is 752. The molecule has 0 atom stereocenters. The second kappa shape index (κ2) is 9.98. The van der Waals surface area contributed by atoms with Gasteiger partial charge < -0.3 is 14.9 Å². The number of carboxylic acids is 1. The third kappa shape index (κ3) is 6.61. The van der Waals surface area contributed by atoms with Crippen molar-refractivity contribution in [3.8, 4) is 11.4 Å². The maximum absolute atomic E-state index is 12.7. The van der Waals surface area contributed by atoms with E-state index in [0.717, 1.165) is 12.1 Å². The predicted octanol–water partition coefficient (Wildman–Crippen LogP) is 3.49. The van der Waals surface area contributed by atoms with Crippen LogP contribution in [-0.2, 0) is 10.9 Å². The zero-order valence-corrected chi connectivity index (χ0v) is 15.2. The molecule has 0 saturated carbocycles. The Kier molecular flexibility index (Phi) is 8.32. The average Bonchev–Trinajstić information content (AvgIpc) is 2.59. The average molecular weight is 386 g/mol. The fourth-order valence-corrected chi connectivity index (χ4v) is 2.20. The number of rotatable bonds is 5. The van der Waals surface area contributed by atoms with Gasteiger partial charge in [0.05, 0.1) is 30.2 Å². The van der Waals surface area contributed by atoms with Crippen molar-refractivity contribution in [2.45, 2.75) is 26.9 Å². The molecule has 1 heterocycles. The van der Waals surface area contributed by atoms with Gasteiger partial charge in [-0.05, 0) is 32.9 Å². The van der Waals surface area contributed by atoms with Gasteiger partial charge in [-0.1, -0.05) is 12.1 Å². The van der Waals surface area contributed by atoms with E-state index in [-0.39, 0.29) is 34.9 Å². The number of alkyl halides is 3. The molecule has 27 heavy (non-hydrogen) atoms. The second-order valence-electron chi connectivity index (χ2n) is 5.40. The topological polar surface area (TPSA) is 92.5 Å². The largest absolute Gasteiger partial charge is 0.478 e. The van der Waals surface area contributed by atoms with Crippen LogP contribution in [0.25, 0.3) is 11.4 Å². The first-order valence-corrected chi connectivity index (χ1v) is 8.06. The highest BCUT2D eigenvalue weighted by atomic mass is 19.4. The molecule has 0 aliphatic carbocycles. The lowest BCUT2D eigenvalue weighted by molar-refractivity contribution is -0.137. The highest BCUT2D eigenvalue weighted by Gasteiger charge is 2.30. The first kappa shape index (κ1) is 22.5. The van der Waals surface area contributed by atoms with Crippen LogP contribution in [0.3, 0.4) is 0 Å². The molecule has 2 rings (SSSR count). The summed E-state index contributed by atoms with van der Waals surface area (Å²) >= 11 is 0. The molecule has 0 saturated heterocycles. The molecular weight excluding hydrogens is 365 g/mol. The van der Waals surface area contributed by atoms with Crippen LogP contribution in [0.5, 0.6) is 0 Å². The van der Waals surface area contributed by atoms with Crippen molar-refractivity contribution in [3.63, 3.8) is 0 Å². The van der Waals surface area contributed by atoms with E-state index < -0.39 is 17.7 Å². The normalized spacial score (nSPS) is 10.9. The van der Waals surface area contributed by atoms with Gasteiger partial charge in [0, 0.05) is 12.2 Å². The number of carbonyl (C=O) groups is 1. The highest BCUT2D eigenvalue weighted by Crippen LogP contribution is 2.31. The molecule has 6 nitrogen and oxygen atoms in total. The number of aromatic nitrogens is 2. The monoisotopic (exact) mass is 386 g/mol. The van der Waals surface area contributed by atoms with Gasteiger partial charge >= 0.3 is 12.1 Å². The van der Waals surface area contributed by atoms with Gasteiger partial charge in [-0.25, -0.2) is 14.8 Å². The molecule has 2 aromatic rings. The van der Waals surface area contributed by atoms with Crippen LogP contribution in [0.1, 0.15) is 34.2 Å². The smallest absolute Gasteiger partial charge is 0.416 e. The minimum Gasteiger partial charge on any atom is -0.478 e. The van der Waals surface area contributed by atoms with Gasteiger partial charge in [-0.15, -0.1) is 0 Å². The van der Waals surface area contributed by atoms with E-state index in [0.29, 0.717) is 13.2 Å². The van der Waals surface area contributed by atoms with Crippen molar-refractivity contribution >= 4 is 5.97 Å². The van der Waals surface area contributed by atoms with E-state index in [1.165, 1.54) is 26.0 Å². The van der Waals surface area contributed by atoms with Crippen LogP contribution in [0, 0.1) is 13.8 Å². The van der Waals surface area contributed by atoms with Crippen molar-refractivity contribution < 1.29 is 32.9 Å². The molecule has 0 bridgehead atoms. The van der Waals surface area contributed by atoms with Crippen LogP contribution in [0.4, 0.5) is 13.2 Å². The summed E-state index contributed by atoms with van der Waals surface area (Å²) in [5.74, 6) is -1.10. The quantitative estimate of drug-likeness (QED) is 0.764. The van der Waals surface area contributed by atoms with Gasteiger partial charge in [-0.3, -0.25) is 0 Å². The summed E-state index contributed by atoms with van der Waals surface area (Å²) in [7, 11) is 0. The lowest BCUT2D eigenvalue weighted by atomic mass is 10.1. The zero-order valence-electron chi connectivity index (χ0n) is 15.2. The summed E-state index contributed by atoms with van der Waals surface area (Å²) in [5.41, 5.74) is -0.232. The SMILES string of the molecule is CCOCCO.Cc1nc(-c2cccc(C(F)(F)F)c2)nc(C)c1C(=O)O. The molecule has 2 N–H and O–H groups in total. The number of nitrogens with zero attached hydrogens (tertiary/aromatic N) is 2. The van der Waals surface area contributed by atoms with E-state index >= 15 is 0 Å². The Labute approximate surface area is 154 Å². The van der Waals surface area contributed by atoms with Gasteiger partial charge in [0.15, 0.2) is 5.82 Å². The third-order valence-corrected chi connectivity index (χ3v) is 3.37. The molecule has 1 aromatic carbocycles. The van der Waals surface area contributed by atoms with E-state index in [2.05, 4.69) is 9.97 Å². The summed E-state index contributed by atoms with van der Waals surface area (Å²) in [5, 5.41) is 17.1. The minimum atomic E-state index is -4.46. The van der Waals surface area contributed by atoms with E-state index in [4.69, 9.17) is 14.9 Å². The molecule has 0 spiro atoms. The summed E-state index contributed by atoms with van der Waals surface area (Å²) < 4.78 is 42.8. The van der Waals surface area contributed by atoms with Crippen molar-refractivity contribution in [3.05, 3.63) is 46.8 Å². The maximum Gasteiger partial charge on any atom is 0.416 e. The van der Waals surface area contributed by atoms with Crippen LogP contribution in [-0.4, -0.2) is 46.0 Å². The minimum absolute atomic E-state index is 0.0364. The highest BCUT2D eigenvalue weighted by molar-refractivity contribution is 5.90. The molecule has 0 amide bonds. The Morgan fingerprint density at radius 2 is 1.78 bits per heavy atom. The third-order valence-electron chi connectivity index (χ3n) is 3.37. The van der Waals surface area contributed by atoms with Crippen molar-refractivity contribution in [2.24, 2.45) is 0 Å². The Hall–Kier alpha value is -2.52. The van der Waals surface area contributed by atoms with Gasteiger partial charge in [-0.2, -0.15) is 13.2 Å². The summed E-state index contributed by atoms with van der Waals surface area (Å²) in [6.07, 6.45) is -4.46. The number of aromatic carboxylic acids is 1. The van der Waals surface area contributed by atoms with E-state index in [9.17, 15) is 18.0 Å². The number of hydrogen-bond donors (Lipinski definition) is 2. The molecule has 0 fully saturated rings. The fourth-order valence-electron chi connectivity index (χ4n) is 2.20. The number of ether oxygens (including phenoxy) is 1. The predicted molar refractivity (Wildman–Crippen MR) is 92.5 cm³/mol. The number of benzene rings is 1. The van der Waals surface area contributed by atoms with Crippen molar-refractivity contribution in [2.75, 3.05) is 19.8 Å². The molecule has 0 aliphatic heterocycles. The maximum atomic E-state index is 12.7. The standard InChI is InChI=1S/C14H11F3N2O2.C4H10O2/c1-7-11(13(20)21)8(2)19-12(18-7)9-4-3-5-10(6-9)14(15,16)17;1-2-6-4-3-5/h3-6H,1-2H3,(H,20,21);5H,2-4H2,1H3.